The lowest BCUT2D eigenvalue weighted by Gasteiger charge is -2.42. The van der Waals surface area contributed by atoms with Crippen LogP contribution in [0.1, 0.15) is 44.1 Å². The van der Waals surface area contributed by atoms with E-state index in [0.717, 1.165) is 31.2 Å². The second-order valence-corrected chi connectivity index (χ2v) is 10.6. The number of hydrogen-bond acceptors (Lipinski definition) is 7. The van der Waals surface area contributed by atoms with Crippen molar-refractivity contribution in [2.45, 2.75) is 57.2 Å². The number of amides is 3. The molecule has 1 unspecified atom stereocenters. The SMILES string of the molecule is COc1ccc(CNC(=O)CC2CN(C(=O)NC3CCCCC3)CCN2c2ccnc(-n3ccnc3)n2)cc1Cl. The van der Waals surface area contributed by atoms with E-state index in [1.165, 1.54) is 6.42 Å². The van der Waals surface area contributed by atoms with E-state index < -0.39 is 0 Å². The van der Waals surface area contributed by atoms with Gasteiger partial charge in [-0.25, -0.2) is 14.8 Å². The van der Waals surface area contributed by atoms with Gasteiger partial charge < -0.3 is 25.2 Å². The number of imidazole rings is 1. The van der Waals surface area contributed by atoms with Crippen LogP contribution in [0, 0.1) is 0 Å². The summed E-state index contributed by atoms with van der Waals surface area (Å²) in [5, 5.41) is 6.70. The molecule has 1 atom stereocenters. The molecule has 2 fully saturated rings. The second kappa shape index (κ2) is 13.0. The number of nitrogens with zero attached hydrogens (tertiary/aromatic N) is 6. The zero-order chi connectivity index (χ0) is 27.9. The monoisotopic (exact) mass is 566 g/mol. The second-order valence-electron chi connectivity index (χ2n) is 10.2. The number of rotatable bonds is 8. The molecule has 11 nitrogen and oxygen atoms in total. The predicted octanol–water partition coefficient (Wildman–Crippen LogP) is 3.56. The lowest BCUT2D eigenvalue weighted by Crippen LogP contribution is -2.59. The summed E-state index contributed by atoms with van der Waals surface area (Å²) in [4.78, 5) is 43.4. The molecule has 5 rings (SSSR count). The first-order valence-electron chi connectivity index (χ1n) is 13.7. The van der Waals surface area contributed by atoms with Gasteiger partial charge in [-0.2, -0.15) is 4.98 Å². The molecule has 3 amide bonds. The van der Waals surface area contributed by atoms with Crippen molar-refractivity contribution >= 4 is 29.4 Å². The molecule has 0 radical (unpaired) electrons. The first-order chi connectivity index (χ1) is 19.5. The summed E-state index contributed by atoms with van der Waals surface area (Å²) in [5.41, 5.74) is 0.869. The molecule has 2 aromatic heterocycles. The topological polar surface area (TPSA) is 118 Å². The molecule has 1 saturated heterocycles. The summed E-state index contributed by atoms with van der Waals surface area (Å²) in [6, 6.07) is 7.15. The first-order valence-corrected chi connectivity index (χ1v) is 14.1. The van der Waals surface area contributed by atoms with Gasteiger partial charge in [0.05, 0.1) is 18.2 Å². The number of benzene rings is 1. The molecule has 40 heavy (non-hydrogen) atoms. The quantitative estimate of drug-likeness (QED) is 0.428. The van der Waals surface area contributed by atoms with Crippen molar-refractivity contribution in [1.82, 2.24) is 35.1 Å². The molecule has 0 spiro atoms. The van der Waals surface area contributed by atoms with Gasteiger partial charge in [0, 0.05) is 57.2 Å². The third-order valence-corrected chi connectivity index (χ3v) is 7.78. The molecule has 12 heteroatoms. The molecule has 3 aromatic rings. The highest BCUT2D eigenvalue weighted by atomic mass is 35.5. The van der Waals surface area contributed by atoms with Gasteiger partial charge in [0.1, 0.15) is 17.9 Å². The number of urea groups is 1. The highest BCUT2D eigenvalue weighted by Gasteiger charge is 2.33. The third kappa shape index (κ3) is 6.82. The average Bonchev–Trinajstić information content (AvgIpc) is 3.52. The maximum atomic E-state index is 13.2. The zero-order valence-corrected chi connectivity index (χ0v) is 23.4. The summed E-state index contributed by atoms with van der Waals surface area (Å²) in [5.74, 6) is 1.65. The fourth-order valence-electron chi connectivity index (χ4n) is 5.34. The van der Waals surface area contributed by atoms with Gasteiger partial charge in [0.2, 0.25) is 11.9 Å². The maximum absolute atomic E-state index is 13.2. The smallest absolute Gasteiger partial charge is 0.317 e. The van der Waals surface area contributed by atoms with E-state index in [0.29, 0.717) is 48.7 Å². The van der Waals surface area contributed by atoms with Gasteiger partial charge in [0.25, 0.3) is 0 Å². The lowest BCUT2D eigenvalue weighted by molar-refractivity contribution is -0.121. The predicted molar refractivity (Wildman–Crippen MR) is 152 cm³/mol. The van der Waals surface area contributed by atoms with E-state index in [4.69, 9.17) is 21.3 Å². The largest absolute Gasteiger partial charge is 0.495 e. The number of nitrogens with one attached hydrogen (secondary N) is 2. The van der Waals surface area contributed by atoms with Gasteiger partial charge in [0.15, 0.2) is 0 Å². The van der Waals surface area contributed by atoms with Crippen molar-refractivity contribution in [1.29, 1.82) is 0 Å². The molecular weight excluding hydrogens is 532 g/mol. The number of carbonyl (C=O) groups is 2. The maximum Gasteiger partial charge on any atom is 0.317 e. The van der Waals surface area contributed by atoms with E-state index in [1.807, 2.05) is 17.0 Å². The third-order valence-electron chi connectivity index (χ3n) is 7.49. The molecular formula is C28H35ClN8O3. The lowest BCUT2D eigenvalue weighted by atomic mass is 9.96. The average molecular weight is 567 g/mol. The number of anilines is 1. The Balaban J connectivity index is 1.29. The summed E-state index contributed by atoms with van der Waals surface area (Å²) in [6.45, 7) is 1.82. The molecule has 1 saturated carbocycles. The summed E-state index contributed by atoms with van der Waals surface area (Å²) < 4.78 is 6.95. The van der Waals surface area contributed by atoms with Crippen LogP contribution < -0.4 is 20.3 Å². The van der Waals surface area contributed by atoms with Crippen molar-refractivity contribution < 1.29 is 14.3 Å². The Morgan fingerprint density at radius 3 is 2.73 bits per heavy atom. The van der Waals surface area contributed by atoms with Crippen LogP contribution in [0.4, 0.5) is 10.6 Å². The highest BCUT2D eigenvalue weighted by molar-refractivity contribution is 6.32. The molecule has 1 aliphatic carbocycles. The molecule has 2 aliphatic rings. The Morgan fingerprint density at radius 1 is 1.12 bits per heavy atom. The molecule has 1 aromatic carbocycles. The summed E-state index contributed by atoms with van der Waals surface area (Å²) in [7, 11) is 1.56. The van der Waals surface area contributed by atoms with Crippen LogP contribution in [0.15, 0.2) is 49.2 Å². The number of aromatic nitrogens is 4. The highest BCUT2D eigenvalue weighted by Crippen LogP contribution is 2.25. The number of ether oxygens (including phenoxy) is 1. The first kappa shape index (κ1) is 27.7. The zero-order valence-electron chi connectivity index (χ0n) is 22.6. The number of piperazine rings is 1. The van der Waals surface area contributed by atoms with Gasteiger partial charge in [-0.3, -0.25) is 9.36 Å². The minimum absolute atomic E-state index is 0.0633. The Kier molecular flexibility index (Phi) is 9.00. The number of hydrogen-bond donors (Lipinski definition) is 2. The molecule has 1 aliphatic heterocycles. The van der Waals surface area contributed by atoms with Crippen LogP contribution in [0.2, 0.25) is 5.02 Å². The van der Waals surface area contributed by atoms with Crippen LogP contribution in [0.25, 0.3) is 5.95 Å². The number of methoxy groups -OCH3 is 1. The Morgan fingerprint density at radius 2 is 1.98 bits per heavy atom. The van der Waals surface area contributed by atoms with E-state index in [2.05, 4.69) is 25.5 Å². The van der Waals surface area contributed by atoms with E-state index in [1.54, 1.807) is 48.7 Å². The standard InChI is InChI=1S/C28H35ClN8O3/c1-40-24-8-7-20(15-23(24)29)17-32-26(38)16-22-18-35(28(39)33-21-5-3-2-4-6-21)13-14-37(22)25-9-10-31-27(34-25)36-12-11-30-19-36/h7-12,15,19,21-22H,2-6,13-14,16-18H2,1H3,(H,32,38)(H,33,39). The van der Waals surface area contributed by atoms with E-state index in [9.17, 15) is 9.59 Å². The number of carbonyl (C=O) groups excluding carboxylic acids is 2. The Labute approximate surface area is 238 Å². The van der Waals surface area contributed by atoms with Crippen LogP contribution in [0.5, 0.6) is 5.75 Å². The summed E-state index contributed by atoms with van der Waals surface area (Å²) >= 11 is 6.25. The van der Waals surface area contributed by atoms with Crippen molar-refractivity contribution in [2.24, 2.45) is 0 Å². The van der Waals surface area contributed by atoms with Crippen LogP contribution in [-0.2, 0) is 11.3 Å². The normalized spacial score (nSPS) is 17.9. The van der Waals surface area contributed by atoms with Crippen molar-refractivity contribution in [3.8, 4) is 11.7 Å². The van der Waals surface area contributed by atoms with Crippen molar-refractivity contribution in [2.75, 3.05) is 31.6 Å². The van der Waals surface area contributed by atoms with E-state index in [-0.39, 0.29) is 30.4 Å². The van der Waals surface area contributed by atoms with E-state index >= 15 is 0 Å². The molecule has 2 N–H and O–H groups in total. The fraction of sp³-hybridized carbons (Fsp3) is 0.464. The van der Waals surface area contributed by atoms with Gasteiger partial charge >= 0.3 is 6.03 Å². The van der Waals surface area contributed by atoms with Gasteiger partial charge in [-0.05, 0) is 36.6 Å². The fourth-order valence-corrected chi connectivity index (χ4v) is 5.62. The Hall–Kier alpha value is -3.86. The van der Waals surface area contributed by atoms with Crippen LogP contribution in [0.3, 0.4) is 0 Å². The Bertz CT molecular complexity index is 1300. The minimum atomic E-state index is -0.268. The molecule has 3 heterocycles. The minimum Gasteiger partial charge on any atom is -0.495 e. The van der Waals surface area contributed by atoms with Gasteiger partial charge in [-0.15, -0.1) is 0 Å². The summed E-state index contributed by atoms with van der Waals surface area (Å²) in [6.07, 6.45) is 12.5. The molecule has 0 bridgehead atoms. The van der Waals surface area contributed by atoms with Crippen LogP contribution >= 0.6 is 11.6 Å². The van der Waals surface area contributed by atoms with Crippen molar-refractivity contribution in [3.63, 3.8) is 0 Å². The van der Waals surface area contributed by atoms with Crippen LogP contribution in [-0.4, -0.2) is 75.2 Å². The van der Waals surface area contributed by atoms with Gasteiger partial charge in [-0.1, -0.05) is 36.9 Å². The molecule has 212 valence electrons. The number of halogens is 1. The van der Waals surface area contributed by atoms with Crippen molar-refractivity contribution in [3.05, 3.63) is 59.8 Å².